The quantitative estimate of drug-likeness (QED) is 0.817. The number of likely N-dealkylation sites (tertiary alicyclic amines) is 1. The zero-order valence-electron chi connectivity index (χ0n) is 11.6. The lowest BCUT2D eigenvalue weighted by Gasteiger charge is -2.36. The highest BCUT2D eigenvalue weighted by Gasteiger charge is 2.27. The lowest BCUT2D eigenvalue weighted by atomic mass is 9.94. The van der Waals surface area contributed by atoms with Gasteiger partial charge in [0.25, 0.3) is 0 Å². The highest BCUT2D eigenvalue weighted by molar-refractivity contribution is 5.47. The van der Waals surface area contributed by atoms with E-state index in [4.69, 9.17) is 9.47 Å². The van der Waals surface area contributed by atoms with Crippen LogP contribution in [0.1, 0.15) is 37.8 Å². The van der Waals surface area contributed by atoms with E-state index in [0.29, 0.717) is 6.04 Å². The average Bonchev–Trinajstić information content (AvgIpc) is 2.46. The first-order chi connectivity index (χ1) is 8.81. The van der Waals surface area contributed by atoms with E-state index >= 15 is 0 Å². The molecule has 1 aliphatic heterocycles. The summed E-state index contributed by atoms with van der Waals surface area (Å²) < 4.78 is 11.1. The molecule has 0 amide bonds. The molecule has 2 rings (SSSR count). The third-order valence-corrected chi connectivity index (χ3v) is 3.82. The molecule has 0 spiro atoms. The van der Waals surface area contributed by atoms with E-state index in [1.54, 1.807) is 14.2 Å². The Hall–Kier alpha value is -1.22. The van der Waals surface area contributed by atoms with Gasteiger partial charge in [0.1, 0.15) is 11.5 Å². The number of piperidine rings is 1. The molecule has 1 atom stereocenters. The Labute approximate surface area is 110 Å². The highest BCUT2D eigenvalue weighted by Crippen LogP contribution is 2.41. The first-order valence-electron chi connectivity index (χ1n) is 6.76. The molecule has 3 heteroatoms. The Morgan fingerprint density at radius 1 is 1.17 bits per heavy atom. The first-order valence-corrected chi connectivity index (χ1v) is 6.76. The summed E-state index contributed by atoms with van der Waals surface area (Å²) in [6.45, 7) is 4.47. The van der Waals surface area contributed by atoms with Crippen LogP contribution < -0.4 is 9.47 Å². The second-order valence-corrected chi connectivity index (χ2v) is 4.72. The van der Waals surface area contributed by atoms with Crippen molar-refractivity contribution in [2.45, 2.75) is 32.2 Å². The van der Waals surface area contributed by atoms with Gasteiger partial charge in [-0.3, -0.25) is 4.90 Å². The van der Waals surface area contributed by atoms with E-state index in [-0.39, 0.29) is 0 Å². The molecule has 1 aromatic carbocycles. The summed E-state index contributed by atoms with van der Waals surface area (Å²) in [5.74, 6) is 1.89. The first kappa shape index (κ1) is 13.2. The van der Waals surface area contributed by atoms with Crippen molar-refractivity contribution in [1.29, 1.82) is 0 Å². The van der Waals surface area contributed by atoms with Crippen LogP contribution in [0.3, 0.4) is 0 Å². The van der Waals surface area contributed by atoms with Gasteiger partial charge in [0, 0.05) is 6.04 Å². The summed E-state index contributed by atoms with van der Waals surface area (Å²) in [5, 5.41) is 0. The minimum atomic E-state index is 0.426. The fraction of sp³-hybridized carbons (Fsp3) is 0.600. The van der Waals surface area contributed by atoms with E-state index in [0.717, 1.165) is 18.0 Å². The van der Waals surface area contributed by atoms with Crippen LogP contribution in [-0.2, 0) is 0 Å². The summed E-state index contributed by atoms with van der Waals surface area (Å²) in [7, 11) is 3.47. The Kier molecular flexibility index (Phi) is 4.48. The summed E-state index contributed by atoms with van der Waals surface area (Å²) in [5.41, 5.74) is 1.21. The smallest absolute Gasteiger partial charge is 0.127 e. The van der Waals surface area contributed by atoms with Gasteiger partial charge in [0.2, 0.25) is 0 Å². The molecule has 0 N–H and O–H groups in total. The maximum atomic E-state index is 5.53. The monoisotopic (exact) mass is 249 g/mol. The zero-order chi connectivity index (χ0) is 13.0. The lowest BCUT2D eigenvalue weighted by Crippen LogP contribution is -2.33. The zero-order valence-corrected chi connectivity index (χ0v) is 11.6. The molecule has 100 valence electrons. The predicted molar refractivity (Wildman–Crippen MR) is 73.4 cm³/mol. The Morgan fingerprint density at radius 2 is 1.83 bits per heavy atom. The standard InChI is InChI=1S/C15H23NO2/c1-4-16-11-6-5-8-12(16)15-13(17-2)9-7-10-14(15)18-3/h7,9-10,12H,4-6,8,11H2,1-3H3/t12-/m0/s1. The van der Waals surface area contributed by atoms with Gasteiger partial charge >= 0.3 is 0 Å². The van der Waals surface area contributed by atoms with Crippen LogP contribution in [0.4, 0.5) is 0 Å². The molecule has 0 bridgehead atoms. The maximum absolute atomic E-state index is 5.53. The van der Waals surface area contributed by atoms with Gasteiger partial charge in [-0.15, -0.1) is 0 Å². The van der Waals surface area contributed by atoms with Crippen LogP contribution in [0, 0.1) is 0 Å². The largest absolute Gasteiger partial charge is 0.496 e. The van der Waals surface area contributed by atoms with E-state index < -0.39 is 0 Å². The normalized spacial score (nSPS) is 20.7. The molecular formula is C15H23NO2. The van der Waals surface area contributed by atoms with Gasteiger partial charge in [0.15, 0.2) is 0 Å². The Morgan fingerprint density at radius 3 is 2.39 bits per heavy atom. The second-order valence-electron chi connectivity index (χ2n) is 4.72. The van der Waals surface area contributed by atoms with E-state index in [9.17, 15) is 0 Å². The fourth-order valence-electron chi connectivity index (χ4n) is 2.90. The minimum absolute atomic E-state index is 0.426. The van der Waals surface area contributed by atoms with Crippen molar-refractivity contribution in [1.82, 2.24) is 4.90 Å². The van der Waals surface area contributed by atoms with Crippen molar-refractivity contribution >= 4 is 0 Å². The average molecular weight is 249 g/mol. The summed E-state index contributed by atoms with van der Waals surface area (Å²) in [6, 6.07) is 6.47. The van der Waals surface area contributed by atoms with Gasteiger partial charge in [0.05, 0.1) is 19.8 Å². The third-order valence-electron chi connectivity index (χ3n) is 3.82. The number of hydrogen-bond acceptors (Lipinski definition) is 3. The van der Waals surface area contributed by atoms with E-state index in [1.165, 1.54) is 31.4 Å². The molecule has 0 aromatic heterocycles. The Bertz CT molecular complexity index is 370. The van der Waals surface area contributed by atoms with Gasteiger partial charge in [-0.25, -0.2) is 0 Å². The lowest BCUT2D eigenvalue weighted by molar-refractivity contribution is 0.151. The predicted octanol–water partition coefficient (Wildman–Crippen LogP) is 3.25. The molecule has 1 fully saturated rings. The number of methoxy groups -OCH3 is 2. The van der Waals surface area contributed by atoms with Gasteiger partial charge in [-0.1, -0.05) is 19.4 Å². The minimum Gasteiger partial charge on any atom is -0.496 e. The van der Waals surface area contributed by atoms with Crippen molar-refractivity contribution in [2.24, 2.45) is 0 Å². The third kappa shape index (κ3) is 2.46. The van der Waals surface area contributed by atoms with Crippen LogP contribution in [0.5, 0.6) is 11.5 Å². The van der Waals surface area contributed by atoms with Crippen molar-refractivity contribution in [3.05, 3.63) is 23.8 Å². The molecule has 1 aromatic rings. The second kappa shape index (κ2) is 6.10. The van der Waals surface area contributed by atoms with Crippen LogP contribution in [0.15, 0.2) is 18.2 Å². The Balaban J connectivity index is 2.40. The highest BCUT2D eigenvalue weighted by atomic mass is 16.5. The van der Waals surface area contributed by atoms with E-state index in [2.05, 4.69) is 11.8 Å². The summed E-state index contributed by atoms with van der Waals surface area (Å²) in [4.78, 5) is 2.52. The number of nitrogens with zero attached hydrogens (tertiary/aromatic N) is 1. The van der Waals surface area contributed by atoms with Crippen LogP contribution in [-0.4, -0.2) is 32.2 Å². The van der Waals surface area contributed by atoms with Crippen molar-refractivity contribution in [3.63, 3.8) is 0 Å². The molecule has 0 unspecified atom stereocenters. The SMILES string of the molecule is CCN1CCCC[C@H]1c1c(OC)cccc1OC. The van der Waals surface area contributed by atoms with Gasteiger partial charge in [-0.2, -0.15) is 0 Å². The molecule has 3 nitrogen and oxygen atoms in total. The molecule has 18 heavy (non-hydrogen) atoms. The van der Waals surface area contributed by atoms with Crippen molar-refractivity contribution in [2.75, 3.05) is 27.3 Å². The van der Waals surface area contributed by atoms with Crippen LogP contribution in [0.2, 0.25) is 0 Å². The van der Waals surface area contributed by atoms with Crippen LogP contribution in [0.25, 0.3) is 0 Å². The molecular weight excluding hydrogens is 226 g/mol. The summed E-state index contributed by atoms with van der Waals surface area (Å²) >= 11 is 0. The molecule has 1 saturated heterocycles. The molecule has 0 aliphatic carbocycles. The fourth-order valence-corrected chi connectivity index (χ4v) is 2.90. The molecule has 1 aliphatic rings. The van der Waals surface area contributed by atoms with Crippen LogP contribution >= 0.6 is 0 Å². The molecule has 0 radical (unpaired) electrons. The molecule has 1 heterocycles. The van der Waals surface area contributed by atoms with Crippen molar-refractivity contribution < 1.29 is 9.47 Å². The number of ether oxygens (including phenoxy) is 2. The summed E-state index contributed by atoms with van der Waals surface area (Å²) in [6.07, 6.45) is 3.76. The van der Waals surface area contributed by atoms with Crippen molar-refractivity contribution in [3.8, 4) is 11.5 Å². The maximum Gasteiger partial charge on any atom is 0.127 e. The number of benzene rings is 1. The number of hydrogen-bond donors (Lipinski definition) is 0. The number of rotatable bonds is 4. The molecule has 0 saturated carbocycles. The van der Waals surface area contributed by atoms with E-state index in [1.807, 2.05) is 18.2 Å². The van der Waals surface area contributed by atoms with Gasteiger partial charge < -0.3 is 9.47 Å². The topological polar surface area (TPSA) is 21.7 Å². The van der Waals surface area contributed by atoms with Gasteiger partial charge in [-0.05, 0) is 38.1 Å².